The third kappa shape index (κ3) is 3.68. The molecule has 0 saturated carbocycles. The molecule has 3 heteroatoms. The minimum atomic E-state index is -0.275. The van der Waals surface area contributed by atoms with Gasteiger partial charge in [-0.2, -0.15) is 0 Å². The molecule has 1 amide bonds. The summed E-state index contributed by atoms with van der Waals surface area (Å²) in [4.78, 5) is 12.0. The Morgan fingerprint density at radius 3 is 2.45 bits per heavy atom. The molecular formula is C17H20N2O. The molecule has 3 N–H and O–H groups in total. The van der Waals surface area contributed by atoms with E-state index in [0.717, 1.165) is 16.8 Å². The van der Waals surface area contributed by atoms with E-state index >= 15 is 0 Å². The number of amides is 1. The molecule has 2 rings (SSSR count). The van der Waals surface area contributed by atoms with E-state index in [1.165, 1.54) is 5.56 Å². The average molecular weight is 268 g/mol. The molecule has 1 atom stereocenters. The number of hydrogen-bond donors (Lipinski definition) is 2. The molecule has 3 nitrogen and oxygen atoms in total. The van der Waals surface area contributed by atoms with Gasteiger partial charge in [0.1, 0.15) is 0 Å². The predicted molar refractivity (Wildman–Crippen MR) is 82.5 cm³/mol. The van der Waals surface area contributed by atoms with Gasteiger partial charge in [0, 0.05) is 18.2 Å². The van der Waals surface area contributed by atoms with Crippen LogP contribution in [0.3, 0.4) is 0 Å². The zero-order valence-corrected chi connectivity index (χ0v) is 11.9. The van der Waals surface area contributed by atoms with Crippen molar-refractivity contribution < 1.29 is 4.79 Å². The smallest absolute Gasteiger partial charge is 0.226 e. The summed E-state index contributed by atoms with van der Waals surface area (Å²) in [7, 11) is 0. The van der Waals surface area contributed by atoms with E-state index in [-0.39, 0.29) is 18.4 Å². The van der Waals surface area contributed by atoms with Gasteiger partial charge in [0.15, 0.2) is 0 Å². The molecule has 0 fully saturated rings. The van der Waals surface area contributed by atoms with Gasteiger partial charge in [0.2, 0.25) is 5.91 Å². The molecule has 0 bridgehead atoms. The van der Waals surface area contributed by atoms with Crippen LogP contribution in [0.1, 0.15) is 29.2 Å². The second-order valence-electron chi connectivity index (χ2n) is 5.07. The molecule has 0 saturated heterocycles. The molecule has 0 heterocycles. The van der Waals surface area contributed by atoms with Gasteiger partial charge in [-0.25, -0.2) is 0 Å². The summed E-state index contributed by atoms with van der Waals surface area (Å²) in [5, 5.41) is 2.89. The molecule has 0 aliphatic carbocycles. The van der Waals surface area contributed by atoms with E-state index in [4.69, 9.17) is 5.73 Å². The van der Waals surface area contributed by atoms with Gasteiger partial charge in [-0.05, 0) is 42.7 Å². The molecule has 0 radical (unpaired) electrons. The van der Waals surface area contributed by atoms with Crippen LogP contribution in [0.2, 0.25) is 0 Å². The molecule has 20 heavy (non-hydrogen) atoms. The molecule has 104 valence electrons. The third-order valence-electron chi connectivity index (χ3n) is 3.42. The fourth-order valence-electron chi connectivity index (χ4n) is 2.05. The SMILES string of the molecule is Cc1ccc(NC(=O)CC(N)c2ccccc2)cc1C. The van der Waals surface area contributed by atoms with Gasteiger partial charge >= 0.3 is 0 Å². The van der Waals surface area contributed by atoms with Crippen LogP contribution < -0.4 is 11.1 Å². The number of rotatable bonds is 4. The normalized spacial score (nSPS) is 11.9. The van der Waals surface area contributed by atoms with Gasteiger partial charge in [0.05, 0.1) is 0 Å². The van der Waals surface area contributed by atoms with E-state index in [1.54, 1.807) is 0 Å². The Labute approximate surface area is 119 Å². The van der Waals surface area contributed by atoms with Crippen LogP contribution in [0.25, 0.3) is 0 Å². The van der Waals surface area contributed by atoms with Crippen molar-refractivity contribution in [3.05, 3.63) is 65.2 Å². The van der Waals surface area contributed by atoms with Crippen molar-refractivity contribution in [3.8, 4) is 0 Å². The first-order chi connectivity index (χ1) is 9.56. The average Bonchev–Trinajstić information content (AvgIpc) is 2.44. The van der Waals surface area contributed by atoms with Crippen molar-refractivity contribution in [3.63, 3.8) is 0 Å². The fourth-order valence-corrected chi connectivity index (χ4v) is 2.05. The first-order valence-corrected chi connectivity index (χ1v) is 6.74. The maximum absolute atomic E-state index is 12.0. The highest BCUT2D eigenvalue weighted by Crippen LogP contribution is 2.17. The monoisotopic (exact) mass is 268 g/mol. The van der Waals surface area contributed by atoms with Crippen molar-refractivity contribution in [1.82, 2.24) is 0 Å². The van der Waals surface area contributed by atoms with Gasteiger partial charge in [0.25, 0.3) is 0 Å². The summed E-state index contributed by atoms with van der Waals surface area (Å²) in [6.07, 6.45) is 0.275. The predicted octanol–water partition coefficient (Wildman–Crippen LogP) is 3.33. The Balaban J connectivity index is 1.97. The number of anilines is 1. The summed E-state index contributed by atoms with van der Waals surface area (Å²) in [6, 6.07) is 15.3. The van der Waals surface area contributed by atoms with Gasteiger partial charge in [-0.1, -0.05) is 36.4 Å². The zero-order valence-electron chi connectivity index (χ0n) is 11.9. The maximum atomic E-state index is 12.0. The number of carbonyl (C=O) groups excluding carboxylic acids is 1. The van der Waals surface area contributed by atoms with Crippen LogP contribution in [0.4, 0.5) is 5.69 Å². The lowest BCUT2D eigenvalue weighted by molar-refractivity contribution is -0.116. The molecule has 0 aliphatic heterocycles. The molecule has 0 spiro atoms. The summed E-state index contributed by atoms with van der Waals surface area (Å²) < 4.78 is 0. The number of aryl methyl sites for hydroxylation is 2. The first kappa shape index (κ1) is 14.3. The first-order valence-electron chi connectivity index (χ1n) is 6.74. The van der Waals surface area contributed by atoms with Crippen LogP contribution in [0.5, 0.6) is 0 Å². The highest BCUT2D eigenvalue weighted by Gasteiger charge is 2.11. The van der Waals surface area contributed by atoms with Crippen LogP contribution in [-0.2, 0) is 4.79 Å². The second-order valence-corrected chi connectivity index (χ2v) is 5.07. The second kappa shape index (κ2) is 6.35. The number of benzene rings is 2. The molecular weight excluding hydrogens is 248 g/mol. The van der Waals surface area contributed by atoms with Crippen molar-refractivity contribution in [2.24, 2.45) is 5.73 Å². The van der Waals surface area contributed by atoms with Gasteiger partial charge < -0.3 is 11.1 Å². The molecule has 1 unspecified atom stereocenters. The van der Waals surface area contributed by atoms with Gasteiger partial charge in [-0.15, -0.1) is 0 Å². The van der Waals surface area contributed by atoms with E-state index in [2.05, 4.69) is 5.32 Å². The van der Waals surface area contributed by atoms with E-state index < -0.39 is 0 Å². The van der Waals surface area contributed by atoms with Crippen molar-refractivity contribution >= 4 is 11.6 Å². The van der Waals surface area contributed by atoms with Crippen LogP contribution in [0.15, 0.2) is 48.5 Å². The lowest BCUT2D eigenvalue weighted by Crippen LogP contribution is -2.20. The van der Waals surface area contributed by atoms with E-state index in [1.807, 2.05) is 62.4 Å². The summed E-state index contributed by atoms with van der Waals surface area (Å²) in [5.41, 5.74) is 10.2. The summed E-state index contributed by atoms with van der Waals surface area (Å²) >= 11 is 0. The topological polar surface area (TPSA) is 55.1 Å². The Morgan fingerprint density at radius 2 is 1.80 bits per heavy atom. The van der Waals surface area contributed by atoms with Crippen molar-refractivity contribution in [1.29, 1.82) is 0 Å². The van der Waals surface area contributed by atoms with Crippen molar-refractivity contribution in [2.75, 3.05) is 5.32 Å². The van der Waals surface area contributed by atoms with Crippen LogP contribution in [-0.4, -0.2) is 5.91 Å². The summed E-state index contributed by atoms with van der Waals surface area (Å²) in [5.74, 6) is -0.0652. The standard InChI is InChI=1S/C17H20N2O/c1-12-8-9-15(10-13(12)2)19-17(20)11-16(18)14-6-4-3-5-7-14/h3-10,16H,11,18H2,1-2H3,(H,19,20). The molecule has 0 aliphatic rings. The number of nitrogens with two attached hydrogens (primary N) is 1. The number of nitrogens with one attached hydrogen (secondary N) is 1. The molecule has 2 aromatic rings. The lowest BCUT2D eigenvalue weighted by atomic mass is 10.0. The van der Waals surface area contributed by atoms with Crippen LogP contribution in [0, 0.1) is 13.8 Å². The Kier molecular flexibility index (Phi) is 4.53. The summed E-state index contributed by atoms with van der Waals surface area (Å²) in [6.45, 7) is 4.08. The Morgan fingerprint density at radius 1 is 1.10 bits per heavy atom. The van der Waals surface area contributed by atoms with E-state index in [0.29, 0.717) is 0 Å². The van der Waals surface area contributed by atoms with Crippen molar-refractivity contribution in [2.45, 2.75) is 26.3 Å². The number of hydrogen-bond acceptors (Lipinski definition) is 2. The highest BCUT2D eigenvalue weighted by atomic mass is 16.1. The Bertz CT molecular complexity index is 593. The Hall–Kier alpha value is -2.13. The highest BCUT2D eigenvalue weighted by molar-refractivity contribution is 5.91. The minimum Gasteiger partial charge on any atom is -0.326 e. The lowest BCUT2D eigenvalue weighted by Gasteiger charge is -2.12. The zero-order chi connectivity index (χ0) is 14.5. The van der Waals surface area contributed by atoms with Crippen LogP contribution >= 0.6 is 0 Å². The van der Waals surface area contributed by atoms with E-state index in [9.17, 15) is 4.79 Å². The largest absolute Gasteiger partial charge is 0.326 e. The third-order valence-corrected chi connectivity index (χ3v) is 3.42. The minimum absolute atomic E-state index is 0.0652. The molecule has 0 aromatic heterocycles. The van der Waals surface area contributed by atoms with Gasteiger partial charge in [-0.3, -0.25) is 4.79 Å². The fraction of sp³-hybridized carbons (Fsp3) is 0.235. The molecule has 2 aromatic carbocycles. The quantitative estimate of drug-likeness (QED) is 0.893. The number of carbonyl (C=O) groups is 1. The maximum Gasteiger partial charge on any atom is 0.226 e.